The van der Waals surface area contributed by atoms with Crippen LogP contribution in [0.5, 0.6) is 0 Å². The van der Waals surface area contributed by atoms with Crippen LogP contribution >= 0.6 is 0 Å². The number of hydrogen-bond donors (Lipinski definition) is 0. The van der Waals surface area contributed by atoms with Crippen LogP contribution in [0.15, 0.2) is 41.0 Å². The zero-order chi connectivity index (χ0) is 16.9. The van der Waals surface area contributed by atoms with E-state index in [4.69, 9.17) is 9.15 Å². The fourth-order valence-corrected chi connectivity index (χ4v) is 2.90. The summed E-state index contributed by atoms with van der Waals surface area (Å²) < 4.78 is 10.2. The molecule has 1 aliphatic rings. The summed E-state index contributed by atoms with van der Waals surface area (Å²) in [6, 6.07) is 9.57. The molecule has 1 saturated heterocycles. The molecule has 24 heavy (non-hydrogen) atoms. The monoisotopic (exact) mass is 328 g/mol. The van der Waals surface area contributed by atoms with Gasteiger partial charge in [-0.25, -0.2) is 4.98 Å². The van der Waals surface area contributed by atoms with E-state index in [0.29, 0.717) is 37.5 Å². The third-order valence-electron chi connectivity index (χ3n) is 4.29. The second-order valence-electron chi connectivity index (χ2n) is 5.87. The Morgan fingerprint density at radius 1 is 1.25 bits per heavy atom. The molecule has 126 valence electrons. The van der Waals surface area contributed by atoms with Crippen LogP contribution in [0.2, 0.25) is 0 Å². The minimum absolute atomic E-state index is 0.00577. The van der Waals surface area contributed by atoms with Crippen molar-refractivity contribution in [2.75, 3.05) is 20.2 Å². The predicted octanol–water partition coefficient (Wildman–Crippen LogP) is 2.30. The summed E-state index contributed by atoms with van der Waals surface area (Å²) in [6.07, 6.45) is 3.03. The Labute approximate surface area is 140 Å². The van der Waals surface area contributed by atoms with Gasteiger partial charge in [-0.1, -0.05) is 18.2 Å². The Hall–Kier alpha value is -2.63. The van der Waals surface area contributed by atoms with Crippen LogP contribution in [0.1, 0.15) is 18.5 Å². The fourth-order valence-electron chi connectivity index (χ4n) is 2.90. The second-order valence-corrected chi connectivity index (χ2v) is 5.87. The van der Waals surface area contributed by atoms with Crippen LogP contribution in [0, 0.1) is 5.92 Å². The molecule has 1 aromatic heterocycles. The van der Waals surface area contributed by atoms with Gasteiger partial charge >= 0.3 is 5.97 Å². The summed E-state index contributed by atoms with van der Waals surface area (Å²) in [4.78, 5) is 30.1. The van der Waals surface area contributed by atoms with Gasteiger partial charge in [0.15, 0.2) is 0 Å². The zero-order valence-electron chi connectivity index (χ0n) is 13.6. The summed E-state index contributed by atoms with van der Waals surface area (Å²) in [7, 11) is 1.40. The molecule has 1 amide bonds. The maximum Gasteiger partial charge on any atom is 0.308 e. The number of benzene rings is 1. The van der Waals surface area contributed by atoms with E-state index in [1.165, 1.54) is 13.4 Å². The van der Waals surface area contributed by atoms with Gasteiger partial charge in [-0.05, 0) is 25.0 Å². The van der Waals surface area contributed by atoms with Gasteiger partial charge in [-0.2, -0.15) is 0 Å². The highest BCUT2D eigenvalue weighted by Crippen LogP contribution is 2.21. The van der Waals surface area contributed by atoms with E-state index in [2.05, 4.69) is 4.98 Å². The molecule has 1 aromatic carbocycles. The quantitative estimate of drug-likeness (QED) is 0.805. The van der Waals surface area contributed by atoms with Gasteiger partial charge in [-0.3, -0.25) is 9.59 Å². The Morgan fingerprint density at radius 3 is 2.62 bits per heavy atom. The summed E-state index contributed by atoms with van der Waals surface area (Å²) in [5.74, 6) is 0.232. The van der Waals surface area contributed by atoms with Gasteiger partial charge in [0.25, 0.3) is 0 Å². The lowest BCUT2D eigenvalue weighted by Crippen LogP contribution is -2.41. The van der Waals surface area contributed by atoms with Gasteiger partial charge in [0.2, 0.25) is 11.8 Å². The van der Waals surface area contributed by atoms with Crippen LogP contribution in [-0.2, 0) is 20.7 Å². The summed E-state index contributed by atoms with van der Waals surface area (Å²) in [5.41, 5.74) is 1.50. The maximum absolute atomic E-state index is 12.4. The van der Waals surface area contributed by atoms with Gasteiger partial charge in [0.1, 0.15) is 6.26 Å². The average molecular weight is 328 g/mol. The number of piperidine rings is 1. The highest BCUT2D eigenvalue weighted by molar-refractivity contribution is 5.79. The number of esters is 1. The molecular weight excluding hydrogens is 308 g/mol. The molecular formula is C18H20N2O4. The number of carbonyl (C=O) groups excluding carboxylic acids is 2. The van der Waals surface area contributed by atoms with Crippen LogP contribution in [0.4, 0.5) is 0 Å². The first-order valence-electron chi connectivity index (χ1n) is 8.03. The molecule has 3 rings (SSSR count). The van der Waals surface area contributed by atoms with Crippen LogP contribution in [0.3, 0.4) is 0 Å². The van der Waals surface area contributed by atoms with Crippen molar-refractivity contribution in [1.29, 1.82) is 0 Å². The fraction of sp³-hybridized carbons (Fsp3) is 0.389. The maximum atomic E-state index is 12.4. The van der Waals surface area contributed by atoms with E-state index in [1.807, 2.05) is 30.3 Å². The molecule has 2 heterocycles. The normalized spacial score (nSPS) is 15.3. The molecule has 1 aliphatic heterocycles. The molecule has 6 nitrogen and oxygen atoms in total. The van der Waals surface area contributed by atoms with E-state index < -0.39 is 0 Å². The third-order valence-corrected chi connectivity index (χ3v) is 4.29. The number of hydrogen-bond acceptors (Lipinski definition) is 5. The number of oxazole rings is 1. The number of nitrogens with zero attached hydrogens (tertiary/aromatic N) is 2. The predicted molar refractivity (Wildman–Crippen MR) is 87.0 cm³/mol. The number of amides is 1. The van der Waals surface area contributed by atoms with Crippen molar-refractivity contribution in [2.24, 2.45) is 5.92 Å². The van der Waals surface area contributed by atoms with Crippen molar-refractivity contribution in [3.05, 3.63) is 42.3 Å². The lowest BCUT2D eigenvalue weighted by atomic mass is 9.97. The summed E-state index contributed by atoms with van der Waals surface area (Å²) >= 11 is 0. The Kier molecular flexibility index (Phi) is 4.93. The highest BCUT2D eigenvalue weighted by atomic mass is 16.5. The van der Waals surface area contributed by atoms with Crippen molar-refractivity contribution < 1.29 is 18.7 Å². The minimum atomic E-state index is -0.189. The van der Waals surface area contributed by atoms with Crippen molar-refractivity contribution >= 4 is 11.9 Å². The number of ether oxygens (including phenoxy) is 1. The molecule has 6 heteroatoms. The first-order chi connectivity index (χ1) is 11.7. The van der Waals surface area contributed by atoms with Crippen LogP contribution in [-0.4, -0.2) is 42.0 Å². The van der Waals surface area contributed by atoms with Gasteiger partial charge in [0, 0.05) is 18.7 Å². The lowest BCUT2D eigenvalue weighted by molar-refractivity contribution is -0.148. The standard InChI is InChI=1S/C18H20N2O4/c1-23-18(22)14-7-9-20(10-8-14)16(21)11-15-12-24-17(19-15)13-5-3-2-4-6-13/h2-6,12,14H,7-11H2,1H3. The molecule has 0 atom stereocenters. The first-order valence-corrected chi connectivity index (χ1v) is 8.03. The van der Waals surface area contributed by atoms with Gasteiger partial charge < -0.3 is 14.1 Å². The Balaban J connectivity index is 1.56. The SMILES string of the molecule is COC(=O)C1CCN(C(=O)Cc2coc(-c3ccccc3)n2)CC1. The molecule has 0 spiro atoms. The minimum Gasteiger partial charge on any atom is -0.469 e. The Morgan fingerprint density at radius 2 is 1.96 bits per heavy atom. The molecule has 0 saturated carbocycles. The van der Waals surface area contributed by atoms with E-state index in [-0.39, 0.29) is 24.2 Å². The number of methoxy groups -OCH3 is 1. The number of rotatable bonds is 4. The van der Waals surface area contributed by atoms with E-state index in [1.54, 1.807) is 4.90 Å². The van der Waals surface area contributed by atoms with E-state index in [0.717, 1.165) is 5.56 Å². The smallest absolute Gasteiger partial charge is 0.308 e. The van der Waals surface area contributed by atoms with E-state index >= 15 is 0 Å². The lowest BCUT2D eigenvalue weighted by Gasteiger charge is -2.30. The molecule has 1 fully saturated rings. The largest absolute Gasteiger partial charge is 0.469 e. The molecule has 2 aromatic rings. The van der Waals surface area contributed by atoms with Crippen molar-refractivity contribution in [3.8, 4) is 11.5 Å². The highest BCUT2D eigenvalue weighted by Gasteiger charge is 2.28. The van der Waals surface area contributed by atoms with Gasteiger partial charge in [-0.15, -0.1) is 0 Å². The zero-order valence-corrected chi connectivity index (χ0v) is 13.6. The van der Waals surface area contributed by atoms with Crippen molar-refractivity contribution in [1.82, 2.24) is 9.88 Å². The van der Waals surface area contributed by atoms with Gasteiger partial charge in [0.05, 0.1) is 25.1 Å². The van der Waals surface area contributed by atoms with Crippen molar-refractivity contribution in [2.45, 2.75) is 19.3 Å². The molecule has 0 radical (unpaired) electrons. The van der Waals surface area contributed by atoms with Crippen LogP contribution in [0.25, 0.3) is 11.5 Å². The third kappa shape index (κ3) is 3.64. The molecule has 0 aliphatic carbocycles. The Bertz CT molecular complexity index is 703. The molecule has 0 unspecified atom stereocenters. The number of likely N-dealkylation sites (tertiary alicyclic amines) is 1. The van der Waals surface area contributed by atoms with Crippen LogP contribution < -0.4 is 0 Å². The number of carbonyl (C=O) groups is 2. The molecule has 0 N–H and O–H groups in total. The topological polar surface area (TPSA) is 72.6 Å². The summed E-state index contributed by atoms with van der Waals surface area (Å²) in [5, 5.41) is 0. The first kappa shape index (κ1) is 16.2. The molecule has 0 bridgehead atoms. The van der Waals surface area contributed by atoms with Crippen molar-refractivity contribution in [3.63, 3.8) is 0 Å². The number of aromatic nitrogens is 1. The average Bonchev–Trinajstić information content (AvgIpc) is 3.10. The second kappa shape index (κ2) is 7.29. The summed E-state index contributed by atoms with van der Waals surface area (Å²) in [6.45, 7) is 1.14. The van der Waals surface area contributed by atoms with E-state index in [9.17, 15) is 9.59 Å².